The van der Waals surface area contributed by atoms with Gasteiger partial charge in [-0.05, 0) is 77.8 Å². The van der Waals surface area contributed by atoms with Gasteiger partial charge in [-0.25, -0.2) is 4.98 Å². The second-order valence-electron chi connectivity index (χ2n) is 8.87. The summed E-state index contributed by atoms with van der Waals surface area (Å²) in [5.41, 5.74) is 6.57. The molecule has 0 fully saturated rings. The lowest BCUT2D eigenvalue weighted by molar-refractivity contribution is 0.225. The Hall–Kier alpha value is -2.06. The average molecular weight is 388 g/mol. The summed E-state index contributed by atoms with van der Waals surface area (Å²) in [7, 11) is 0. The molecule has 0 saturated heterocycles. The molecule has 1 unspecified atom stereocenters. The molecule has 28 heavy (non-hydrogen) atoms. The molecule has 1 atom stereocenters. The molecule has 1 aliphatic rings. The molecular weight excluding hydrogens is 358 g/mol. The van der Waals surface area contributed by atoms with Gasteiger partial charge in [0, 0.05) is 10.3 Å². The summed E-state index contributed by atoms with van der Waals surface area (Å²) in [5.74, 6) is 0.760. The third-order valence-corrected chi connectivity index (χ3v) is 6.83. The van der Waals surface area contributed by atoms with Gasteiger partial charge in [0.05, 0.1) is 11.2 Å². The lowest BCUT2D eigenvalue weighted by Gasteiger charge is -2.33. The van der Waals surface area contributed by atoms with E-state index in [1.165, 1.54) is 33.4 Å². The number of para-hydroxylation sites is 1. The van der Waals surface area contributed by atoms with E-state index in [4.69, 9.17) is 4.98 Å². The van der Waals surface area contributed by atoms with Crippen LogP contribution in [0.15, 0.2) is 65.6 Å². The normalized spacial score (nSPS) is 17.6. The maximum atomic E-state index is 5.03. The molecule has 2 heteroatoms. The standard InChI is InChI=1S/C26H29NS/c1-26(2,3)20-13-9-19(10-14-20)25-17-23(18-11-15-21(28-4)16-12-18)22-7-5-6-8-24(22)27-25/h5-9,11-12,15-17,20H,10,13-14H2,1-4H3. The van der Waals surface area contributed by atoms with Crippen molar-refractivity contribution in [1.82, 2.24) is 4.98 Å². The van der Waals surface area contributed by atoms with Crippen LogP contribution in [-0.2, 0) is 0 Å². The van der Waals surface area contributed by atoms with Crippen molar-refractivity contribution in [2.75, 3.05) is 6.26 Å². The summed E-state index contributed by atoms with van der Waals surface area (Å²) >= 11 is 1.78. The van der Waals surface area contributed by atoms with Crippen molar-refractivity contribution in [3.63, 3.8) is 0 Å². The lowest BCUT2D eigenvalue weighted by Crippen LogP contribution is -2.22. The molecule has 4 rings (SSSR count). The fourth-order valence-electron chi connectivity index (χ4n) is 4.20. The van der Waals surface area contributed by atoms with Gasteiger partial charge in [-0.2, -0.15) is 0 Å². The largest absolute Gasteiger partial charge is 0.248 e. The van der Waals surface area contributed by atoms with E-state index < -0.39 is 0 Å². The van der Waals surface area contributed by atoms with Crippen molar-refractivity contribution in [2.45, 2.75) is 44.9 Å². The lowest BCUT2D eigenvalue weighted by atomic mass is 9.72. The van der Waals surface area contributed by atoms with Crippen LogP contribution >= 0.6 is 11.8 Å². The number of hydrogen-bond acceptors (Lipinski definition) is 2. The number of allylic oxidation sites excluding steroid dienone is 2. The van der Waals surface area contributed by atoms with Crippen LogP contribution in [0.5, 0.6) is 0 Å². The van der Waals surface area contributed by atoms with Crippen LogP contribution in [0.2, 0.25) is 0 Å². The number of rotatable bonds is 3. The number of thioether (sulfide) groups is 1. The first-order valence-electron chi connectivity index (χ1n) is 10.2. The predicted octanol–water partition coefficient (Wildman–Crippen LogP) is 7.85. The molecule has 2 aromatic carbocycles. The zero-order valence-corrected chi connectivity index (χ0v) is 18.1. The van der Waals surface area contributed by atoms with E-state index in [1.54, 1.807) is 11.8 Å². The van der Waals surface area contributed by atoms with Crippen LogP contribution in [0.1, 0.15) is 45.7 Å². The fourth-order valence-corrected chi connectivity index (χ4v) is 4.61. The highest BCUT2D eigenvalue weighted by Gasteiger charge is 2.27. The Labute approximate surface area is 173 Å². The Morgan fingerprint density at radius 1 is 1.00 bits per heavy atom. The molecular formula is C26H29NS. The van der Waals surface area contributed by atoms with Gasteiger partial charge in [0.15, 0.2) is 0 Å². The van der Waals surface area contributed by atoms with Gasteiger partial charge < -0.3 is 0 Å². The predicted molar refractivity (Wildman–Crippen MR) is 124 cm³/mol. The molecule has 144 valence electrons. The smallest absolute Gasteiger partial charge is 0.0715 e. The summed E-state index contributed by atoms with van der Waals surface area (Å²) in [5, 5.41) is 1.23. The first-order chi connectivity index (χ1) is 13.5. The summed E-state index contributed by atoms with van der Waals surface area (Å²) in [6, 6.07) is 19.7. The molecule has 0 N–H and O–H groups in total. The van der Waals surface area contributed by atoms with Crippen LogP contribution in [0, 0.1) is 11.3 Å². The first-order valence-corrected chi connectivity index (χ1v) is 11.4. The molecule has 1 aliphatic carbocycles. The topological polar surface area (TPSA) is 12.9 Å². The molecule has 0 radical (unpaired) electrons. The first kappa shape index (κ1) is 19.3. The SMILES string of the molecule is CSc1ccc(-c2cc(C3=CCC(C(C)(C)C)CC3)nc3ccccc23)cc1. The second kappa shape index (κ2) is 7.75. The zero-order chi connectivity index (χ0) is 19.7. The van der Waals surface area contributed by atoms with Gasteiger partial charge in [-0.15, -0.1) is 11.8 Å². The van der Waals surface area contributed by atoms with Crippen molar-refractivity contribution < 1.29 is 0 Å². The van der Waals surface area contributed by atoms with Crippen LogP contribution < -0.4 is 0 Å². The Morgan fingerprint density at radius 3 is 2.39 bits per heavy atom. The van der Waals surface area contributed by atoms with E-state index in [9.17, 15) is 0 Å². The number of pyridine rings is 1. The highest BCUT2D eigenvalue weighted by atomic mass is 32.2. The zero-order valence-electron chi connectivity index (χ0n) is 17.3. The van der Waals surface area contributed by atoms with Gasteiger partial charge in [0.25, 0.3) is 0 Å². The maximum absolute atomic E-state index is 5.03. The Bertz CT molecular complexity index is 1010. The number of hydrogen-bond donors (Lipinski definition) is 0. The average Bonchev–Trinajstić information content (AvgIpc) is 2.72. The molecule has 0 aliphatic heterocycles. The minimum Gasteiger partial charge on any atom is -0.248 e. The molecule has 0 saturated carbocycles. The molecule has 0 bridgehead atoms. The minimum absolute atomic E-state index is 0.378. The highest BCUT2D eigenvalue weighted by Crippen LogP contribution is 2.40. The van der Waals surface area contributed by atoms with Crippen molar-refractivity contribution in [3.05, 3.63) is 66.4 Å². The summed E-state index contributed by atoms with van der Waals surface area (Å²) < 4.78 is 0. The summed E-state index contributed by atoms with van der Waals surface area (Å²) in [4.78, 5) is 6.33. The minimum atomic E-state index is 0.378. The van der Waals surface area contributed by atoms with E-state index in [2.05, 4.69) is 87.7 Å². The quantitative estimate of drug-likeness (QED) is 0.424. The van der Waals surface area contributed by atoms with Crippen LogP contribution in [-0.4, -0.2) is 11.2 Å². The van der Waals surface area contributed by atoms with E-state index in [0.717, 1.165) is 30.0 Å². The van der Waals surface area contributed by atoms with Crippen molar-refractivity contribution in [1.29, 1.82) is 0 Å². The maximum Gasteiger partial charge on any atom is 0.0715 e. The molecule has 1 nitrogen and oxygen atoms in total. The monoisotopic (exact) mass is 387 g/mol. The van der Waals surface area contributed by atoms with Crippen molar-refractivity contribution in [3.8, 4) is 11.1 Å². The van der Waals surface area contributed by atoms with Crippen LogP contribution in [0.3, 0.4) is 0 Å². The Morgan fingerprint density at radius 2 is 1.75 bits per heavy atom. The summed E-state index contributed by atoms with van der Waals surface area (Å²) in [6.07, 6.45) is 8.09. The van der Waals surface area contributed by atoms with Gasteiger partial charge in [-0.1, -0.05) is 57.2 Å². The van der Waals surface area contributed by atoms with E-state index in [1.807, 2.05) is 0 Å². The third kappa shape index (κ3) is 3.89. The van der Waals surface area contributed by atoms with Gasteiger partial charge in [0.1, 0.15) is 0 Å². The van der Waals surface area contributed by atoms with E-state index >= 15 is 0 Å². The number of aromatic nitrogens is 1. The number of fused-ring (bicyclic) bond motifs is 1. The van der Waals surface area contributed by atoms with Crippen LogP contribution in [0.25, 0.3) is 27.6 Å². The Kier molecular flexibility index (Phi) is 5.33. The molecule has 1 aromatic heterocycles. The van der Waals surface area contributed by atoms with E-state index in [0.29, 0.717) is 5.41 Å². The molecule has 0 spiro atoms. The van der Waals surface area contributed by atoms with Gasteiger partial charge in [-0.3, -0.25) is 0 Å². The van der Waals surface area contributed by atoms with Crippen molar-refractivity contribution >= 4 is 28.2 Å². The third-order valence-electron chi connectivity index (χ3n) is 6.08. The van der Waals surface area contributed by atoms with Crippen molar-refractivity contribution in [2.24, 2.45) is 11.3 Å². The highest BCUT2D eigenvalue weighted by molar-refractivity contribution is 7.98. The summed E-state index contributed by atoms with van der Waals surface area (Å²) in [6.45, 7) is 7.09. The Balaban J connectivity index is 1.77. The van der Waals surface area contributed by atoms with Gasteiger partial charge in [0.2, 0.25) is 0 Å². The van der Waals surface area contributed by atoms with E-state index in [-0.39, 0.29) is 0 Å². The molecule has 1 heterocycles. The number of nitrogens with zero attached hydrogens (tertiary/aromatic N) is 1. The number of benzene rings is 2. The molecule has 3 aromatic rings. The van der Waals surface area contributed by atoms with Crippen LogP contribution in [0.4, 0.5) is 0 Å². The fraction of sp³-hybridized carbons (Fsp3) is 0.346. The molecule has 0 amide bonds. The second-order valence-corrected chi connectivity index (χ2v) is 9.75. The van der Waals surface area contributed by atoms with Gasteiger partial charge >= 0.3 is 0 Å².